The Hall–Kier alpha value is -1.33. The maximum Gasteiger partial charge on any atom is 0.135 e. The molecule has 0 fully saturated rings. The van der Waals surface area contributed by atoms with E-state index in [0.29, 0.717) is 10.0 Å². The number of halogens is 3. The maximum atomic E-state index is 6.16. The number of nitrogens with one attached hydrogen (secondary N) is 1. The zero-order valence-corrected chi connectivity index (χ0v) is 17.6. The molecule has 0 amide bonds. The van der Waals surface area contributed by atoms with Crippen molar-refractivity contribution >= 4 is 61.3 Å². The van der Waals surface area contributed by atoms with E-state index in [-0.39, 0.29) is 0 Å². The van der Waals surface area contributed by atoms with Crippen LogP contribution in [0.4, 0.5) is 0 Å². The fourth-order valence-corrected chi connectivity index (χ4v) is 4.19. The molecule has 0 spiro atoms. The molecular weight excluding hydrogens is 433 g/mol. The average molecular weight is 451 g/mol. The molecule has 1 aromatic heterocycles. The topological polar surface area (TPSA) is 31.9 Å². The molecule has 1 heterocycles. The van der Waals surface area contributed by atoms with Crippen molar-refractivity contribution in [3.8, 4) is 0 Å². The minimum absolute atomic E-state index is 0.526. The van der Waals surface area contributed by atoms with Crippen molar-refractivity contribution in [3.05, 3.63) is 61.8 Å². The molecule has 0 atom stereocenters. The van der Waals surface area contributed by atoms with Gasteiger partial charge in [0.05, 0.1) is 21.1 Å². The Kier molecular flexibility index (Phi) is 4.86. The number of hydrogen-bond acceptors (Lipinski definition) is 2. The summed E-state index contributed by atoms with van der Waals surface area (Å²) < 4.78 is 1.10. The highest BCUT2D eigenvalue weighted by molar-refractivity contribution is 9.10. The molecule has 1 N–H and O–H groups in total. The first kappa shape index (κ1) is 18.1. The van der Waals surface area contributed by atoms with Gasteiger partial charge in [-0.1, -0.05) is 45.2 Å². The third-order valence-corrected chi connectivity index (χ3v) is 5.96. The maximum absolute atomic E-state index is 6.16. The van der Waals surface area contributed by atoms with E-state index in [4.69, 9.17) is 28.2 Å². The largest absolute Gasteiger partial charge is 0.338 e. The van der Waals surface area contributed by atoms with Gasteiger partial charge in [0.1, 0.15) is 5.82 Å². The number of imidazole rings is 1. The Bertz CT molecular complexity index is 998. The number of nitrogens with zero attached hydrogens (tertiary/aromatic N) is 2. The molecule has 3 aromatic rings. The van der Waals surface area contributed by atoms with Gasteiger partial charge in [-0.3, -0.25) is 0 Å². The molecule has 1 aliphatic rings. The van der Waals surface area contributed by atoms with Crippen molar-refractivity contribution < 1.29 is 0 Å². The smallest absolute Gasteiger partial charge is 0.135 e. The van der Waals surface area contributed by atoms with Crippen LogP contribution < -0.4 is 0 Å². The van der Waals surface area contributed by atoms with Crippen molar-refractivity contribution in [1.82, 2.24) is 14.9 Å². The minimum atomic E-state index is 0.526. The average Bonchev–Trinajstić information content (AvgIpc) is 3.13. The summed E-state index contributed by atoms with van der Waals surface area (Å²) in [5, 5.41) is 1.06. The van der Waals surface area contributed by atoms with Gasteiger partial charge in [0.15, 0.2) is 0 Å². The van der Waals surface area contributed by atoms with E-state index in [1.54, 1.807) is 0 Å². The van der Waals surface area contributed by atoms with Crippen molar-refractivity contribution in [2.24, 2.45) is 0 Å². The molecule has 1 aliphatic carbocycles. The zero-order valence-electron chi connectivity index (χ0n) is 14.5. The number of fused-ring (bicyclic) bond motifs is 2. The lowest BCUT2D eigenvalue weighted by molar-refractivity contribution is 0.419. The zero-order chi connectivity index (χ0) is 18.4. The summed E-state index contributed by atoms with van der Waals surface area (Å²) in [6.45, 7) is 0.992. The first-order valence-corrected chi connectivity index (χ1v) is 9.98. The van der Waals surface area contributed by atoms with Crippen LogP contribution >= 0.6 is 39.1 Å². The minimum Gasteiger partial charge on any atom is -0.338 e. The molecule has 0 bridgehead atoms. The standard InChI is InChI=1S/C20H18BrCl2N3/c1-26(2)6-5-14-13-4-3-12(21)7-11(13)8-15(14)20-24-18-9-16(22)17(23)10-19(18)25-20/h3-4,7,9-10H,5-6,8H2,1-2H3,(H,24,25). The molecule has 6 heteroatoms. The highest BCUT2D eigenvalue weighted by Crippen LogP contribution is 2.41. The SMILES string of the molecule is CN(C)CCC1=C(c2nc3cc(Cl)c(Cl)cc3[nH]2)Cc2cc(Br)ccc21. The predicted molar refractivity (Wildman–Crippen MR) is 114 cm³/mol. The van der Waals surface area contributed by atoms with E-state index in [9.17, 15) is 0 Å². The second-order valence-electron chi connectivity index (χ2n) is 6.86. The van der Waals surface area contributed by atoms with Crippen LogP contribution in [0.15, 0.2) is 34.8 Å². The lowest BCUT2D eigenvalue weighted by atomic mass is 10.0. The van der Waals surface area contributed by atoms with Gasteiger partial charge in [0.25, 0.3) is 0 Å². The molecule has 0 aliphatic heterocycles. The van der Waals surface area contributed by atoms with E-state index < -0.39 is 0 Å². The fraction of sp³-hybridized carbons (Fsp3) is 0.250. The van der Waals surface area contributed by atoms with E-state index in [1.807, 2.05) is 12.1 Å². The first-order chi connectivity index (χ1) is 12.4. The van der Waals surface area contributed by atoms with Gasteiger partial charge in [-0.05, 0) is 61.5 Å². The summed E-state index contributed by atoms with van der Waals surface area (Å²) in [7, 11) is 4.20. The number of H-pyrrole nitrogens is 1. The molecule has 0 saturated carbocycles. The van der Waals surface area contributed by atoms with Gasteiger partial charge in [0, 0.05) is 23.0 Å². The van der Waals surface area contributed by atoms with E-state index >= 15 is 0 Å². The van der Waals surface area contributed by atoms with Crippen LogP contribution in [0.25, 0.3) is 22.2 Å². The summed E-state index contributed by atoms with van der Waals surface area (Å²) in [4.78, 5) is 10.4. The van der Waals surface area contributed by atoms with Crippen molar-refractivity contribution in [2.45, 2.75) is 12.8 Å². The lowest BCUT2D eigenvalue weighted by Gasteiger charge is -2.12. The van der Waals surface area contributed by atoms with Crippen LogP contribution in [0.5, 0.6) is 0 Å². The second-order valence-corrected chi connectivity index (χ2v) is 8.59. The fourth-order valence-electron chi connectivity index (χ4n) is 3.46. The Balaban J connectivity index is 1.82. The quantitative estimate of drug-likeness (QED) is 0.524. The van der Waals surface area contributed by atoms with E-state index in [2.05, 4.69) is 58.1 Å². The number of rotatable bonds is 4. The monoisotopic (exact) mass is 449 g/mol. The summed E-state index contributed by atoms with van der Waals surface area (Å²) >= 11 is 15.9. The third-order valence-electron chi connectivity index (χ3n) is 4.74. The predicted octanol–water partition coefficient (Wildman–Crippen LogP) is 6.05. The van der Waals surface area contributed by atoms with Crippen molar-refractivity contribution in [3.63, 3.8) is 0 Å². The van der Waals surface area contributed by atoms with E-state index in [0.717, 1.165) is 40.7 Å². The van der Waals surface area contributed by atoms with Gasteiger partial charge in [0.2, 0.25) is 0 Å². The summed E-state index contributed by atoms with van der Waals surface area (Å²) in [6, 6.07) is 10.2. The molecule has 0 radical (unpaired) electrons. The molecule has 4 rings (SSSR count). The number of benzene rings is 2. The molecule has 0 unspecified atom stereocenters. The van der Waals surface area contributed by atoms with Gasteiger partial charge >= 0.3 is 0 Å². The lowest BCUT2D eigenvalue weighted by Crippen LogP contribution is -2.13. The number of aromatic nitrogens is 2. The Morgan fingerprint density at radius 2 is 1.92 bits per heavy atom. The number of aromatic amines is 1. The highest BCUT2D eigenvalue weighted by atomic mass is 79.9. The normalized spacial score (nSPS) is 13.9. The van der Waals surface area contributed by atoms with Gasteiger partial charge in [-0.25, -0.2) is 4.98 Å². The van der Waals surface area contributed by atoms with Gasteiger partial charge < -0.3 is 9.88 Å². The molecular formula is C20H18BrCl2N3. The Morgan fingerprint density at radius 1 is 1.15 bits per heavy atom. The second kappa shape index (κ2) is 7.01. The summed E-state index contributed by atoms with van der Waals surface area (Å²) in [6.07, 6.45) is 1.86. The Morgan fingerprint density at radius 3 is 2.69 bits per heavy atom. The van der Waals surface area contributed by atoms with E-state index in [1.165, 1.54) is 22.3 Å². The van der Waals surface area contributed by atoms with Crippen LogP contribution in [0, 0.1) is 0 Å². The number of hydrogen-bond donors (Lipinski definition) is 1. The molecule has 0 saturated heterocycles. The third kappa shape index (κ3) is 3.31. The first-order valence-electron chi connectivity index (χ1n) is 8.43. The van der Waals surface area contributed by atoms with Crippen LogP contribution in [-0.2, 0) is 6.42 Å². The summed E-state index contributed by atoms with van der Waals surface area (Å²) in [5.41, 5.74) is 7.01. The van der Waals surface area contributed by atoms with Crippen LogP contribution in [0.1, 0.15) is 23.4 Å². The number of allylic oxidation sites excluding steroid dienone is 1. The highest BCUT2D eigenvalue weighted by Gasteiger charge is 2.25. The van der Waals surface area contributed by atoms with Crippen LogP contribution in [-0.4, -0.2) is 35.5 Å². The summed E-state index contributed by atoms with van der Waals surface area (Å²) in [5.74, 6) is 0.902. The van der Waals surface area contributed by atoms with Crippen molar-refractivity contribution in [2.75, 3.05) is 20.6 Å². The molecule has 3 nitrogen and oxygen atoms in total. The molecule has 134 valence electrons. The van der Waals surface area contributed by atoms with Gasteiger partial charge in [-0.15, -0.1) is 0 Å². The Labute approximate surface area is 171 Å². The molecule has 2 aromatic carbocycles. The van der Waals surface area contributed by atoms with Crippen molar-refractivity contribution in [1.29, 1.82) is 0 Å². The van der Waals surface area contributed by atoms with Crippen LogP contribution in [0.3, 0.4) is 0 Å². The molecule has 26 heavy (non-hydrogen) atoms. The van der Waals surface area contributed by atoms with Gasteiger partial charge in [-0.2, -0.15) is 0 Å². The van der Waals surface area contributed by atoms with Crippen LogP contribution in [0.2, 0.25) is 10.0 Å².